The van der Waals surface area contributed by atoms with Crippen molar-refractivity contribution in [3.05, 3.63) is 42.1 Å². The van der Waals surface area contributed by atoms with Gasteiger partial charge in [-0.1, -0.05) is 12.1 Å². The molecule has 1 aromatic heterocycles. The van der Waals surface area contributed by atoms with Crippen molar-refractivity contribution < 1.29 is 4.39 Å². The van der Waals surface area contributed by atoms with Crippen LogP contribution in [0.1, 0.15) is 5.82 Å². The minimum Gasteiger partial charge on any atom is -0.366 e. The van der Waals surface area contributed by atoms with E-state index < -0.39 is 0 Å². The van der Waals surface area contributed by atoms with E-state index in [-0.39, 0.29) is 5.82 Å². The molecule has 0 radical (unpaired) electrons. The van der Waals surface area contributed by atoms with Crippen molar-refractivity contribution in [3.63, 3.8) is 0 Å². The lowest BCUT2D eigenvalue weighted by Crippen LogP contribution is -2.43. The lowest BCUT2D eigenvalue weighted by molar-refractivity contribution is 0.587. The zero-order valence-electron chi connectivity index (χ0n) is 11.4. The van der Waals surface area contributed by atoms with Crippen molar-refractivity contribution in [2.45, 2.75) is 6.92 Å². The summed E-state index contributed by atoms with van der Waals surface area (Å²) < 4.78 is 14.1. The fourth-order valence-corrected chi connectivity index (χ4v) is 2.45. The van der Waals surface area contributed by atoms with Crippen molar-refractivity contribution in [1.29, 1.82) is 0 Å². The Labute approximate surface area is 117 Å². The maximum Gasteiger partial charge on any atom is 0.132 e. The summed E-state index contributed by atoms with van der Waals surface area (Å²) in [5.74, 6) is 0.407. The van der Waals surface area contributed by atoms with Crippen molar-refractivity contribution >= 4 is 5.69 Å². The highest BCUT2D eigenvalue weighted by atomic mass is 19.1. The van der Waals surface area contributed by atoms with E-state index in [4.69, 9.17) is 0 Å². The number of aryl methyl sites for hydroxylation is 1. The maximum absolute atomic E-state index is 14.1. The zero-order valence-corrected chi connectivity index (χ0v) is 11.4. The molecule has 0 amide bonds. The molecule has 0 unspecified atom stereocenters. The third kappa shape index (κ3) is 2.49. The Hall–Kier alpha value is -2.01. The Balaban J connectivity index is 2.09. The largest absolute Gasteiger partial charge is 0.366 e. The van der Waals surface area contributed by atoms with Crippen molar-refractivity contribution in [2.75, 3.05) is 31.1 Å². The van der Waals surface area contributed by atoms with Gasteiger partial charge in [-0.15, -0.1) is 0 Å². The number of hydrogen-bond acceptors (Lipinski definition) is 4. The molecule has 0 saturated carbocycles. The molecule has 1 aliphatic rings. The van der Waals surface area contributed by atoms with Crippen LogP contribution in [0, 0.1) is 12.7 Å². The number of hydrogen-bond donors (Lipinski definition) is 1. The van der Waals surface area contributed by atoms with Crippen LogP contribution in [0.2, 0.25) is 0 Å². The van der Waals surface area contributed by atoms with Gasteiger partial charge in [-0.05, 0) is 19.1 Å². The summed E-state index contributed by atoms with van der Waals surface area (Å²) >= 11 is 0. The molecule has 2 heterocycles. The van der Waals surface area contributed by atoms with Crippen LogP contribution in [-0.2, 0) is 0 Å². The number of rotatable bonds is 2. The summed E-state index contributed by atoms with van der Waals surface area (Å²) in [6.45, 7) is 5.43. The molecule has 1 aliphatic heterocycles. The molecule has 3 rings (SSSR count). The average molecular weight is 272 g/mol. The van der Waals surface area contributed by atoms with Gasteiger partial charge in [0, 0.05) is 31.7 Å². The molecule has 1 aromatic carbocycles. The first-order valence-electron chi connectivity index (χ1n) is 6.80. The summed E-state index contributed by atoms with van der Waals surface area (Å²) in [7, 11) is 0. The number of anilines is 1. The molecule has 0 atom stereocenters. The van der Waals surface area contributed by atoms with Crippen LogP contribution in [0.25, 0.3) is 11.3 Å². The van der Waals surface area contributed by atoms with Gasteiger partial charge >= 0.3 is 0 Å². The Morgan fingerprint density at radius 3 is 2.70 bits per heavy atom. The van der Waals surface area contributed by atoms with E-state index in [1.165, 1.54) is 6.07 Å². The van der Waals surface area contributed by atoms with Crippen LogP contribution in [0.3, 0.4) is 0 Å². The molecule has 2 aromatic rings. The molecule has 0 bridgehead atoms. The molecule has 1 fully saturated rings. The standard InChI is InChI=1S/C15H17FN4/c1-11-18-10-14(20-8-6-17-7-9-20)15(19-11)12-4-2-3-5-13(12)16/h2-5,10,17H,6-9H2,1H3. The van der Waals surface area contributed by atoms with Crippen LogP contribution in [0.4, 0.5) is 10.1 Å². The first kappa shape index (κ1) is 13.0. The van der Waals surface area contributed by atoms with Gasteiger partial charge in [0.2, 0.25) is 0 Å². The molecular formula is C15H17FN4. The number of benzene rings is 1. The molecule has 1 N–H and O–H groups in total. The van der Waals surface area contributed by atoms with E-state index in [0.29, 0.717) is 17.1 Å². The van der Waals surface area contributed by atoms with Gasteiger partial charge in [0.05, 0.1) is 11.9 Å². The van der Waals surface area contributed by atoms with Crippen LogP contribution in [0.15, 0.2) is 30.5 Å². The van der Waals surface area contributed by atoms with Gasteiger partial charge in [0.15, 0.2) is 0 Å². The summed E-state index contributed by atoms with van der Waals surface area (Å²) in [5, 5.41) is 3.31. The topological polar surface area (TPSA) is 41.1 Å². The van der Waals surface area contributed by atoms with Gasteiger partial charge in [0.1, 0.15) is 17.3 Å². The summed E-state index contributed by atoms with van der Waals surface area (Å²) in [6, 6.07) is 6.76. The second kappa shape index (κ2) is 5.54. The van der Waals surface area contributed by atoms with Crippen molar-refractivity contribution in [2.24, 2.45) is 0 Å². The molecular weight excluding hydrogens is 255 g/mol. The van der Waals surface area contributed by atoms with Crippen LogP contribution in [0.5, 0.6) is 0 Å². The van der Waals surface area contributed by atoms with Crippen molar-refractivity contribution in [1.82, 2.24) is 15.3 Å². The lowest BCUT2D eigenvalue weighted by atomic mass is 10.1. The molecule has 1 saturated heterocycles. The molecule has 104 valence electrons. The highest BCUT2D eigenvalue weighted by Gasteiger charge is 2.18. The third-order valence-corrected chi connectivity index (χ3v) is 3.48. The second-order valence-electron chi connectivity index (χ2n) is 4.87. The van der Waals surface area contributed by atoms with Crippen molar-refractivity contribution in [3.8, 4) is 11.3 Å². The number of halogens is 1. The predicted octanol–water partition coefficient (Wildman–Crippen LogP) is 2.00. The Kier molecular flexibility index (Phi) is 3.60. The van der Waals surface area contributed by atoms with E-state index in [2.05, 4.69) is 20.2 Å². The molecule has 0 spiro atoms. The SMILES string of the molecule is Cc1ncc(N2CCNCC2)c(-c2ccccc2F)n1. The Bertz CT molecular complexity index is 609. The summed E-state index contributed by atoms with van der Waals surface area (Å²) in [6.07, 6.45) is 1.80. The smallest absolute Gasteiger partial charge is 0.132 e. The summed E-state index contributed by atoms with van der Waals surface area (Å²) in [5.41, 5.74) is 2.12. The normalized spacial score (nSPS) is 15.4. The minimum atomic E-state index is -0.248. The van der Waals surface area contributed by atoms with Gasteiger partial charge in [0.25, 0.3) is 0 Å². The predicted molar refractivity (Wildman–Crippen MR) is 77.2 cm³/mol. The first-order valence-corrected chi connectivity index (χ1v) is 6.80. The number of nitrogens with one attached hydrogen (secondary N) is 1. The minimum absolute atomic E-state index is 0.248. The molecule has 5 heteroatoms. The quantitative estimate of drug-likeness (QED) is 0.908. The second-order valence-corrected chi connectivity index (χ2v) is 4.87. The monoisotopic (exact) mass is 272 g/mol. The molecule has 20 heavy (non-hydrogen) atoms. The average Bonchev–Trinajstić information content (AvgIpc) is 2.48. The van der Waals surface area contributed by atoms with Gasteiger partial charge < -0.3 is 10.2 Å². The van der Waals surface area contributed by atoms with Crippen LogP contribution >= 0.6 is 0 Å². The zero-order chi connectivity index (χ0) is 13.9. The fourth-order valence-electron chi connectivity index (χ4n) is 2.45. The third-order valence-electron chi connectivity index (χ3n) is 3.48. The van der Waals surface area contributed by atoms with E-state index in [9.17, 15) is 4.39 Å². The number of piperazine rings is 1. The molecule has 0 aliphatic carbocycles. The van der Waals surface area contributed by atoms with E-state index in [0.717, 1.165) is 31.9 Å². The summed E-state index contributed by atoms with van der Waals surface area (Å²) in [4.78, 5) is 10.9. The van der Waals surface area contributed by atoms with Gasteiger partial charge in [-0.3, -0.25) is 0 Å². The van der Waals surface area contributed by atoms with Crippen LogP contribution in [-0.4, -0.2) is 36.1 Å². The van der Waals surface area contributed by atoms with Crippen LogP contribution < -0.4 is 10.2 Å². The number of aromatic nitrogens is 2. The first-order chi connectivity index (χ1) is 9.75. The highest BCUT2D eigenvalue weighted by molar-refractivity contribution is 5.75. The van der Waals surface area contributed by atoms with Gasteiger partial charge in [-0.2, -0.15) is 0 Å². The fraction of sp³-hybridized carbons (Fsp3) is 0.333. The Morgan fingerprint density at radius 1 is 1.20 bits per heavy atom. The highest BCUT2D eigenvalue weighted by Crippen LogP contribution is 2.30. The number of nitrogens with zero attached hydrogens (tertiary/aromatic N) is 3. The lowest BCUT2D eigenvalue weighted by Gasteiger charge is -2.30. The van der Waals surface area contributed by atoms with E-state index in [1.807, 2.05) is 13.0 Å². The van der Waals surface area contributed by atoms with E-state index >= 15 is 0 Å². The molecule has 4 nitrogen and oxygen atoms in total. The van der Waals surface area contributed by atoms with E-state index in [1.54, 1.807) is 18.3 Å². The maximum atomic E-state index is 14.1. The van der Waals surface area contributed by atoms with Gasteiger partial charge in [-0.25, -0.2) is 14.4 Å². The Morgan fingerprint density at radius 2 is 1.95 bits per heavy atom.